The van der Waals surface area contributed by atoms with Gasteiger partial charge < -0.3 is 14.4 Å². The zero-order valence-corrected chi connectivity index (χ0v) is 9.15. The van der Waals surface area contributed by atoms with E-state index in [0.29, 0.717) is 0 Å². The number of quaternary nitrogens is 1. The van der Waals surface area contributed by atoms with Crippen LogP contribution in [0.15, 0.2) is 30.3 Å². The highest BCUT2D eigenvalue weighted by Gasteiger charge is 1.88. The maximum Gasteiger partial charge on any atom is 0.0715 e. The Morgan fingerprint density at radius 2 is 1.43 bits per heavy atom. The van der Waals surface area contributed by atoms with Crippen LogP contribution in [0.5, 0.6) is 0 Å². The first kappa shape index (κ1) is 12.7. The number of carbonyl (C=O) groups excluding carboxylic acids is 1. The fourth-order valence-electron chi connectivity index (χ4n) is 0.574. The van der Waals surface area contributed by atoms with E-state index in [1.54, 1.807) is 18.2 Å². The van der Waals surface area contributed by atoms with Crippen molar-refractivity contribution in [1.82, 2.24) is 0 Å². The summed E-state index contributed by atoms with van der Waals surface area (Å²) in [4.78, 5) is 10.1. The number of nitrogens with zero attached hydrogens (tertiary/aromatic N) is 1. The Kier molecular flexibility index (Phi) is 4.87. The van der Waals surface area contributed by atoms with Crippen LogP contribution in [0.1, 0.15) is 10.4 Å². The summed E-state index contributed by atoms with van der Waals surface area (Å²) in [7, 11) is 8.50. The maximum absolute atomic E-state index is 10.1. The lowest BCUT2D eigenvalue weighted by Crippen LogP contribution is -2.27. The number of rotatable bonds is 1. The van der Waals surface area contributed by atoms with Gasteiger partial charge in [0, 0.05) is 0 Å². The number of hydrogen-bond donors (Lipinski definition) is 0. The van der Waals surface area contributed by atoms with Gasteiger partial charge in [-0.05, 0) is 5.56 Å². The Bertz CT molecular complexity index is 269. The molecule has 0 aliphatic rings. The van der Waals surface area contributed by atoms with Gasteiger partial charge in [-0.2, -0.15) is 0 Å². The van der Waals surface area contributed by atoms with Gasteiger partial charge in [-0.3, -0.25) is 0 Å². The van der Waals surface area contributed by atoms with Gasteiger partial charge in [0.15, 0.2) is 0 Å². The molecule has 0 fully saturated rings. The lowest BCUT2D eigenvalue weighted by atomic mass is 10.2. The Hall–Kier alpha value is -1.35. The molecule has 3 nitrogen and oxygen atoms in total. The molecule has 78 valence electrons. The quantitative estimate of drug-likeness (QED) is 0.607. The molecule has 0 spiro atoms. The Morgan fingerprint density at radius 1 is 1.07 bits per heavy atom. The summed E-state index contributed by atoms with van der Waals surface area (Å²) in [5, 5.41) is 10.1. The van der Waals surface area contributed by atoms with Gasteiger partial charge in [0.2, 0.25) is 0 Å². The van der Waals surface area contributed by atoms with Crippen LogP contribution in [-0.2, 0) is 0 Å². The number of carboxylic acids is 1. The first-order valence-electron chi connectivity index (χ1n) is 4.36. The van der Waals surface area contributed by atoms with E-state index in [1.807, 2.05) is 0 Å². The Labute approximate surface area is 85.2 Å². The molecule has 0 aliphatic heterocycles. The average molecular weight is 195 g/mol. The molecule has 3 heteroatoms. The molecular formula is C11H17NO2. The minimum atomic E-state index is -1.13. The lowest BCUT2D eigenvalue weighted by Gasteiger charge is -2.14. The second kappa shape index (κ2) is 5.40. The fourth-order valence-corrected chi connectivity index (χ4v) is 0.574. The average Bonchev–Trinajstić information content (AvgIpc) is 2.03. The Morgan fingerprint density at radius 3 is 1.64 bits per heavy atom. The number of hydrogen-bond acceptors (Lipinski definition) is 2. The summed E-state index contributed by atoms with van der Waals surface area (Å²) in [6, 6.07) is 8.06. The molecule has 0 bridgehead atoms. The van der Waals surface area contributed by atoms with E-state index in [2.05, 4.69) is 28.2 Å². The van der Waals surface area contributed by atoms with Gasteiger partial charge in [0.25, 0.3) is 0 Å². The molecule has 0 saturated heterocycles. The van der Waals surface area contributed by atoms with E-state index in [4.69, 9.17) is 0 Å². The molecule has 0 amide bonds. The zero-order chi connectivity index (χ0) is 11.2. The summed E-state index contributed by atoms with van der Waals surface area (Å²) in [5.41, 5.74) is 0.220. The number of aromatic carboxylic acids is 1. The number of carbonyl (C=O) groups is 1. The van der Waals surface area contributed by atoms with E-state index in [1.165, 1.54) is 12.1 Å². The molecule has 14 heavy (non-hydrogen) atoms. The smallest absolute Gasteiger partial charge is 0.0715 e. The summed E-state index contributed by atoms with van der Waals surface area (Å²) < 4.78 is 1.00. The van der Waals surface area contributed by atoms with Crippen LogP contribution in [0.3, 0.4) is 0 Å². The largest absolute Gasteiger partial charge is 0.545 e. The van der Waals surface area contributed by atoms with Gasteiger partial charge in [-0.25, -0.2) is 0 Å². The van der Waals surface area contributed by atoms with E-state index in [-0.39, 0.29) is 5.56 Å². The standard InChI is InChI=1S/C7H6O2.C4H12N/c8-7(9)6-4-2-1-3-5-6;1-5(2,3)4/h1-5H,(H,8,9);1-4H3/q;+1/p-1. The van der Waals surface area contributed by atoms with Crippen molar-refractivity contribution in [2.75, 3.05) is 28.2 Å². The highest BCUT2D eigenvalue weighted by molar-refractivity contribution is 5.85. The van der Waals surface area contributed by atoms with Crippen LogP contribution in [0, 0.1) is 0 Å². The summed E-state index contributed by atoms with van der Waals surface area (Å²) in [6.07, 6.45) is 0. The van der Waals surface area contributed by atoms with Gasteiger partial charge in [0.05, 0.1) is 34.2 Å². The van der Waals surface area contributed by atoms with Crippen LogP contribution >= 0.6 is 0 Å². The highest BCUT2D eigenvalue weighted by atomic mass is 16.4. The van der Waals surface area contributed by atoms with E-state index in [0.717, 1.165) is 4.48 Å². The third kappa shape index (κ3) is 8.74. The van der Waals surface area contributed by atoms with Gasteiger partial charge in [0.1, 0.15) is 0 Å². The third-order valence-electron chi connectivity index (χ3n) is 1.01. The van der Waals surface area contributed by atoms with Crippen molar-refractivity contribution in [2.24, 2.45) is 0 Å². The second-order valence-electron chi connectivity index (χ2n) is 4.34. The third-order valence-corrected chi connectivity index (χ3v) is 1.01. The first-order valence-corrected chi connectivity index (χ1v) is 4.36. The predicted octanol–water partition coefficient (Wildman–Crippen LogP) is 0.373. The van der Waals surface area contributed by atoms with Crippen molar-refractivity contribution < 1.29 is 14.4 Å². The molecule has 0 unspecified atom stereocenters. The fraction of sp³-hybridized carbons (Fsp3) is 0.364. The molecule has 0 saturated carbocycles. The molecule has 0 N–H and O–H groups in total. The van der Waals surface area contributed by atoms with Crippen LogP contribution < -0.4 is 5.11 Å². The van der Waals surface area contributed by atoms with Crippen molar-refractivity contribution >= 4 is 5.97 Å². The first-order chi connectivity index (χ1) is 6.30. The Balaban J connectivity index is 0.000000292. The predicted molar refractivity (Wildman–Crippen MR) is 54.7 cm³/mol. The topological polar surface area (TPSA) is 40.1 Å². The lowest BCUT2D eigenvalue weighted by molar-refractivity contribution is -0.849. The van der Waals surface area contributed by atoms with Crippen molar-refractivity contribution in [3.63, 3.8) is 0 Å². The van der Waals surface area contributed by atoms with Crippen LogP contribution in [-0.4, -0.2) is 38.6 Å². The highest BCUT2D eigenvalue weighted by Crippen LogP contribution is 1.94. The van der Waals surface area contributed by atoms with E-state index in [9.17, 15) is 9.90 Å². The van der Waals surface area contributed by atoms with Gasteiger partial charge in [-0.15, -0.1) is 0 Å². The molecule has 0 aromatic heterocycles. The summed E-state index contributed by atoms with van der Waals surface area (Å²) >= 11 is 0. The van der Waals surface area contributed by atoms with Crippen molar-refractivity contribution in [3.8, 4) is 0 Å². The molecule has 1 aromatic rings. The van der Waals surface area contributed by atoms with Crippen LogP contribution in [0.4, 0.5) is 0 Å². The molecule has 0 radical (unpaired) electrons. The molecule has 0 aliphatic carbocycles. The van der Waals surface area contributed by atoms with Crippen molar-refractivity contribution in [2.45, 2.75) is 0 Å². The minimum absolute atomic E-state index is 0.220. The van der Waals surface area contributed by atoms with Gasteiger partial charge in [-0.1, -0.05) is 30.3 Å². The van der Waals surface area contributed by atoms with E-state index >= 15 is 0 Å². The van der Waals surface area contributed by atoms with E-state index < -0.39 is 5.97 Å². The molecule has 0 heterocycles. The zero-order valence-electron chi connectivity index (χ0n) is 9.15. The summed E-state index contributed by atoms with van der Waals surface area (Å²) in [5.74, 6) is -1.13. The molecule has 0 atom stereocenters. The molecule has 1 rings (SSSR count). The van der Waals surface area contributed by atoms with Crippen molar-refractivity contribution in [3.05, 3.63) is 35.9 Å². The second-order valence-corrected chi connectivity index (χ2v) is 4.34. The van der Waals surface area contributed by atoms with Crippen molar-refractivity contribution in [1.29, 1.82) is 0 Å². The summed E-state index contributed by atoms with van der Waals surface area (Å²) in [6.45, 7) is 0. The normalized spacial score (nSPS) is 10.0. The molecular weight excluding hydrogens is 178 g/mol. The minimum Gasteiger partial charge on any atom is -0.545 e. The van der Waals surface area contributed by atoms with Crippen LogP contribution in [0.25, 0.3) is 0 Å². The number of benzene rings is 1. The monoisotopic (exact) mass is 195 g/mol. The van der Waals surface area contributed by atoms with Gasteiger partial charge >= 0.3 is 0 Å². The molecule has 1 aromatic carbocycles. The SMILES string of the molecule is C[N+](C)(C)C.O=C([O-])c1ccccc1. The maximum atomic E-state index is 10.1. The number of carboxylic acid groups (broad SMARTS) is 1. The van der Waals surface area contributed by atoms with Crippen LogP contribution in [0.2, 0.25) is 0 Å².